The number of methoxy groups -OCH3 is 1. The summed E-state index contributed by atoms with van der Waals surface area (Å²) in [5.74, 6) is -1.96. The fraction of sp³-hybridized carbons (Fsp3) is 0.286. The van der Waals surface area contributed by atoms with Gasteiger partial charge in [0.15, 0.2) is 11.5 Å². The number of nitrogens with one attached hydrogen (secondary N) is 2. The van der Waals surface area contributed by atoms with Gasteiger partial charge in [-0.3, -0.25) is 9.59 Å². The van der Waals surface area contributed by atoms with Crippen LogP contribution in [0.2, 0.25) is 0 Å². The van der Waals surface area contributed by atoms with E-state index in [0.29, 0.717) is 32.1 Å². The molecule has 0 fully saturated rings. The number of ether oxygens (including phenoxy) is 3. The summed E-state index contributed by atoms with van der Waals surface area (Å²) < 4.78 is 30.2. The molecule has 2 amide bonds. The highest BCUT2D eigenvalue weighted by Gasteiger charge is 2.28. The number of halogens is 2. The maximum atomic E-state index is 13.1. The van der Waals surface area contributed by atoms with E-state index in [4.69, 9.17) is 14.2 Å². The average molecular weight is 633 g/mol. The van der Waals surface area contributed by atoms with Crippen LogP contribution in [0.15, 0.2) is 46.0 Å². The molecular weight excluding hydrogens is 605 g/mol. The number of hydrogen-bond donors (Lipinski definition) is 2. The number of thiophene rings is 1. The molecule has 0 saturated carbocycles. The Kier molecular flexibility index (Phi) is 9.88. The summed E-state index contributed by atoms with van der Waals surface area (Å²) in [6.45, 7) is 2.11. The lowest BCUT2D eigenvalue weighted by molar-refractivity contribution is -0.136. The van der Waals surface area contributed by atoms with Crippen molar-refractivity contribution >= 4 is 56.3 Å². The Morgan fingerprint density at radius 3 is 2.60 bits per heavy atom. The highest BCUT2D eigenvalue weighted by Crippen LogP contribution is 2.39. The van der Waals surface area contributed by atoms with Crippen LogP contribution < -0.4 is 20.2 Å². The molecule has 0 bridgehead atoms. The molecule has 3 aromatic rings. The van der Waals surface area contributed by atoms with E-state index in [2.05, 4.69) is 31.8 Å². The number of nitrogens with zero attached hydrogens (tertiary/aromatic N) is 1. The molecular formula is C28H27BrFN3O6S. The van der Waals surface area contributed by atoms with E-state index in [9.17, 15) is 18.8 Å². The van der Waals surface area contributed by atoms with Crippen molar-refractivity contribution in [1.29, 1.82) is 0 Å². The lowest BCUT2D eigenvalue weighted by Gasteiger charge is -2.13. The number of carbonyl (C=O) groups is 3. The summed E-state index contributed by atoms with van der Waals surface area (Å²) >= 11 is 4.74. The third-order valence-corrected chi connectivity index (χ3v) is 7.81. The first kappa shape index (κ1) is 29.2. The van der Waals surface area contributed by atoms with E-state index in [1.54, 1.807) is 31.2 Å². The van der Waals surface area contributed by atoms with Crippen molar-refractivity contribution < 1.29 is 33.0 Å². The van der Waals surface area contributed by atoms with Crippen molar-refractivity contribution in [2.75, 3.05) is 19.0 Å². The molecule has 210 valence electrons. The monoisotopic (exact) mass is 631 g/mol. The number of hydrogen-bond acceptors (Lipinski definition) is 8. The Morgan fingerprint density at radius 1 is 1.12 bits per heavy atom. The van der Waals surface area contributed by atoms with Crippen LogP contribution in [0.25, 0.3) is 0 Å². The van der Waals surface area contributed by atoms with Crippen LogP contribution in [0, 0.1) is 5.82 Å². The first-order valence-electron chi connectivity index (χ1n) is 12.5. The van der Waals surface area contributed by atoms with Crippen molar-refractivity contribution in [3.63, 3.8) is 0 Å². The number of aryl methyl sites for hydroxylation is 1. The van der Waals surface area contributed by atoms with Crippen LogP contribution in [0.3, 0.4) is 0 Å². The summed E-state index contributed by atoms with van der Waals surface area (Å²) in [4.78, 5) is 38.6. The smallest absolute Gasteiger partial charge is 0.341 e. The van der Waals surface area contributed by atoms with Gasteiger partial charge in [0.05, 0.1) is 30.0 Å². The molecule has 0 aliphatic heterocycles. The molecule has 1 aliphatic carbocycles. The zero-order valence-electron chi connectivity index (χ0n) is 21.8. The predicted molar refractivity (Wildman–Crippen MR) is 153 cm³/mol. The lowest BCUT2D eigenvalue weighted by atomic mass is 9.95. The Bertz CT molecular complexity index is 1440. The zero-order chi connectivity index (χ0) is 28.6. The number of fused-ring (bicyclic) bond motifs is 1. The number of benzene rings is 2. The molecule has 9 nitrogen and oxygen atoms in total. The minimum atomic E-state index is -0.997. The van der Waals surface area contributed by atoms with Gasteiger partial charge in [0.2, 0.25) is 0 Å². The minimum absolute atomic E-state index is 0.193. The third-order valence-electron chi connectivity index (χ3n) is 6.01. The predicted octanol–water partition coefficient (Wildman–Crippen LogP) is 5.38. The fourth-order valence-corrected chi connectivity index (χ4v) is 5.99. The second-order valence-corrected chi connectivity index (χ2v) is 10.7. The maximum Gasteiger partial charge on any atom is 0.341 e. The van der Waals surface area contributed by atoms with Gasteiger partial charge in [-0.25, -0.2) is 14.6 Å². The fourth-order valence-electron chi connectivity index (χ4n) is 4.14. The van der Waals surface area contributed by atoms with Crippen LogP contribution in [0.5, 0.6) is 11.5 Å². The zero-order valence-corrected chi connectivity index (χ0v) is 24.2. The highest BCUT2D eigenvalue weighted by atomic mass is 79.9. The van der Waals surface area contributed by atoms with Gasteiger partial charge < -0.3 is 19.5 Å². The van der Waals surface area contributed by atoms with E-state index in [1.807, 2.05) is 0 Å². The van der Waals surface area contributed by atoms with Gasteiger partial charge in [0.1, 0.15) is 17.4 Å². The van der Waals surface area contributed by atoms with Crippen LogP contribution >= 0.6 is 27.3 Å². The molecule has 0 unspecified atom stereocenters. The van der Waals surface area contributed by atoms with Crippen LogP contribution in [-0.2, 0) is 33.8 Å². The first-order chi connectivity index (χ1) is 19.3. The van der Waals surface area contributed by atoms with Gasteiger partial charge in [-0.15, -0.1) is 11.3 Å². The average Bonchev–Trinajstić information content (AvgIpc) is 3.31. The molecule has 0 radical (unpaired) electrons. The van der Waals surface area contributed by atoms with Crippen molar-refractivity contribution in [1.82, 2.24) is 5.43 Å². The second kappa shape index (κ2) is 13.5. The minimum Gasteiger partial charge on any atom is -0.493 e. The summed E-state index contributed by atoms with van der Waals surface area (Å²) in [6.07, 6.45) is 4.83. The van der Waals surface area contributed by atoms with E-state index in [0.717, 1.165) is 41.7 Å². The van der Waals surface area contributed by atoms with Crippen LogP contribution in [0.4, 0.5) is 9.39 Å². The van der Waals surface area contributed by atoms with E-state index in [-0.39, 0.29) is 19.0 Å². The first-order valence-corrected chi connectivity index (χ1v) is 14.1. The topological polar surface area (TPSA) is 115 Å². The van der Waals surface area contributed by atoms with Crippen molar-refractivity contribution in [3.8, 4) is 11.5 Å². The normalized spacial score (nSPS) is 12.5. The number of anilines is 1. The lowest BCUT2D eigenvalue weighted by Crippen LogP contribution is -2.32. The SMILES string of the molecule is CCOC(=O)c1c(NC(=O)C(=O)N/N=C/c2cc(Br)c(OCc3ccc(F)cc3)c(OC)c2)sc2c1CCCC2. The molecule has 2 N–H and O–H groups in total. The van der Waals surface area contributed by atoms with Crippen molar-refractivity contribution in [2.45, 2.75) is 39.2 Å². The van der Waals surface area contributed by atoms with Crippen LogP contribution in [0.1, 0.15) is 51.7 Å². The van der Waals surface area contributed by atoms with Gasteiger partial charge in [0, 0.05) is 4.88 Å². The molecule has 0 saturated heterocycles. The largest absolute Gasteiger partial charge is 0.493 e. The van der Waals surface area contributed by atoms with Gasteiger partial charge in [-0.1, -0.05) is 12.1 Å². The van der Waals surface area contributed by atoms with Crippen molar-refractivity contribution in [3.05, 3.63) is 73.8 Å². The van der Waals surface area contributed by atoms with E-state index >= 15 is 0 Å². The van der Waals surface area contributed by atoms with Gasteiger partial charge in [-0.2, -0.15) is 5.10 Å². The molecule has 0 spiro atoms. The maximum absolute atomic E-state index is 13.1. The van der Waals surface area contributed by atoms with Crippen molar-refractivity contribution in [2.24, 2.45) is 5.10 Å². The molecule has 2 aromatic carbocycles. The number of carbonyl (C=O) groups excluding carboxylic acids is 3. The Labute approximate surface area is 242 Å². The molecule has 12 heteroatoms. The number of esters is 1. The van der Waals surface area contributed by atoms with Gasteiger partial charge in [-0.05, 0) is 89.5 Å². The number of hydrazone groups is 1. The molecule has 0 atom stereocenters. The second-order valence-electron chi connectivity index (χ2n) is 8.74. The van der Waals surface area contributed by atoms with E-state index in [1.165, 1.54) is 36.8 Å². The summed E-state index contributed by atoms with van der Waals surface area (Å²) in [5.41, 5.74) is 4.73. The Morgan fingerprint density at radius 2 is 1.88 bits per heavy atom. The summed E-state index contributed by atoms with van der Waals surface area (Å²) in [5, 5.41) is 6.73. The molecule has 1 heterocycles. The molecule has 1 aromatic heterocycles. The highest BCUT2D eigenvalue weighted by molar-refractivity contribution is 9.10. The number of amides is 2. The summed E-state index contributed by atoms with van der Waals surface area (Å²) in [6, 6.07) is 9.29. The Balaban J connectivity index is 1.40. The number of rotatable bonds is 9. The third kappa shape index (κ3) is 7.05. The Hall–Kier alpha value is -3.77. The van der Waals surface area contributed by atoms with Crippen LogP contribution in [-0.4, -0.2) is 37.7 Å². The van der Waals surface area contributed by atoms with Gasteiger partial charge in [0.25, 0.3) is 0 Å². The molecule has 1 aliphatic rings. The van der Waals surface area contributed by atoms with Gasteiger partial charge >= 0.3 is 17.8 Å². The van der Waals surface area contributed by atoms with E-state index < -0.39 is 17.8 Å². The quantitative estimate of drug-likeness (QED) is 0.142. The molecule has 4 rings (SSSR count). The molecule has 40 heavy (non-hydrogen) atoms. The summed E-state index contributed by atoms with van der Waals surface area (Å²) in [7, 11) is 1.48. The standard InChI is InChI=1S/C28H27BrFN3O6S/c1-3-38-28(36)23-19-6-4-5-7-22(19)40-27(23)32-25(34)26(35)33-31-14-17-12-20(29)24(21(13-17)37-2)39-15-16-8-10-18(30)11-9-16/h8-14H,3-7,15H2,1-2H3,(H,32,34)(H,33,35)/b31-14+.